The highest BCUT2D eigenvalue weighted by Crippen LogP contribution is 2.24. The molecule has 6 heteroatoms. The minimum absolute atomic E-state index is 0.00312. The molecule has 4 rings (SSSR count). The smallest absolute Gasteiger partial charge is 0.306 e. The van der Waals surface area contributed by atoms with Crippen LogP contribution in [0.5, 0.6) is 0 Å². The summed E-state index contributed by atoms with van der Waals surface area (Å²) in [4.78, 5) is 49.9. The van der Waals surface area contributed by atoms with Crippen molar-refractivity contribution in [2.75, 3.05) is 13.2 Å². The second-order valence-electron chi connectivity index (χ2n) is 7.29. The first-order valence-electron chi connectivity index (χ1n) is 9.80. The van der Waals surface area contributed by atoms with Gasteiger partial charge in [-0.25, -0.2) is 0 Å². The number of esters is 1. The number of rotatable bonds is 7. The lowest BCUT2D eigenvalue weighted by atomic mass is 10.0. The summed E-state index contributed by atoms with van der Waals surface area (Å²) >= 11 is 0. The standard InChI is InChI=1S/C23H21NO5/c25-20(17-9-8-15-4-3-5-16(15)14-17)10-11-21(26)29-13-12-24-22(27)18-6-1-2-7-19(18)23(24)28/h1-2,6-9,14H,3-5,10-13H2. The van der Waals surface area contributed by atoms with Crippen LogP contribution in [0.25, 0.3) is 0 Å². The summed E-state index contributed by atoms with van der Waals surface area (Å²) in [6, 6.07) is 12.4. The Hall–Kier alpha value is -3.28. The van der Waals surface area contributed by atoms with Gasteiger partial charge in [0, 0.05) is 12.0 Å². The number of carbonyl (C=O) groups excluding carboxylic acids is 4. The van der Waals surface area contributed by atoms with Crippen molar-refractivity contribution in [2.24, 2.45) is 0 Å². The largest absolute Gasteiger partial charge is 0.464 e. The maximum Gasteiger partial charge on any atom is 0.306 e. The predicted octanol–water partition coefficient (Wildman–Crippen LogP) is 2.98. The fourth-order valence-electron chi connectivity index (χ4n) is 3.87. The molecule has 1 aliphatic carbocycles. The average Bonchev–Trinajstić information content (AvgIpc) is 3.30. The zero-order valence-corrected chi connectivity index (χ0v) is 16.0. The molecule has 2 aromatic rings. The molecule has 2 aliphatic rings. The minimum Gasteiger partial charge on any atom is -0.464 e. The Bertz CT molecular complexity index is 975. The number of Topliss-reactive ketones (excluding diaryl/α,β-unsaturated/α-hetero) is 1. The van der Waals surface area contributed by atoms with E-state index in [0.717, 1.165) is 24.2 Å². The molecule has 0 spiro atoms. The van der Waals surface area contributed by atoms with Gasteiger partial charge in [-0.3, -0.25) is 24.1 Å². The van der Waals surface area contributed by atoms with Gasteiger partial charge in [0.25, 0.3) is 11.8 Å². The number of amides is 2. The van der Waals surface area contributed by atoms with Crippen molar-refractivity contribution in [1.29, 1.82) is 0 Å². The third kappa shape index (κ3) is 3.83. The molecule has 0 unspecified atom stereocenters. The Morgan fingerprint density at radius 2 is 1.59 bits per heavy atom. The average molecular weight is 391 g/mol. The van der Waals surface area contributed by atoms with Gasteiger partial charge in [0.05, 0.1) is 24.1 Å². The van der Waals surface area contributed by atoms with E-state index < -0.39 is 5.97 Å². The van der Waals surface area contributed by atoms with Crippen molar-refractivity contribution in [3.8, 4) is 0 Å². The third-order valence-electron chi connectivity index (χ3n) is 5.43. The molecule has 0 saturated heterocycles. The Balaban J connectivity index is 1.23. The third-order valence-corrected chi connectivity index (χ3v) is 5.43. The molecule has 148 valence electrons. The summed E-state index contributed by atoms with van der Waals surface area (Å²) in [5.74, 6) is -1.37. The molecule has 1 heterocycles. The van der Waals surface area contributed by atoms with Crippen LogP contribution in [-0.4, -0.2) is 41.6 Å². The molecule has 29 heavy (non-hydrogen) atoms. The van der Waals surface area contributed by atoms with Crippen LogP contribution in [0.15, 0.2) is 42.5 Å². The van der Waals surface area contributed by atoms with E-state index in [1.165, 1.54) is 11.1 Å². The van der Waals surface area contributed by atoms with Crippen molar-refractivity contribution < 1.29 is 23.9 Å². The lowest BCUT2D eigenvalue weighted by Crippen LogP contribution is -2.33. The van der Waals surface area contributed by atoms with E-state index >= 15 is 0 Å². The normalized spacial score (nSPS) is 14.7. The topological polar surface area (TPSA) is 80.8 Å². The van der Waals surface area contributed by atoms with Crippen molar-refractivity contribution in [3.05, 3.63) is 70.3 Å². The Morgan fingerprint density at radius 3 is 2.31 bits per heavy atom. The number of aryl methyl sites for hydroxylation is 2. The molecule has 0 saturated carbocycles. The molecular weight excluding hydrogens is 370 g/mol. The van der Waals surface area contributed by atoms with Crippen molar-refractivity contribution in [1.82, 2.24) is 4.90 Å². The molecule has 0 bridgehead atoms. The quantitative estimate of drug-likeness (QED) is 0.412. The number of nitrogens with zero attached hydrogens (tertiary/aromatic N) is 1. The van der Waals surface area contributed by atoms with Crippen molar-refractivity contribution in [3.63, 3.8) is 0 Å². The second-order valence-corrected chi connectivity index (χ2v) is 7.29. The molecule has 1 aliphatic heterocycles. The van der Waals surface area contributed by atoms with Crippen LogP contribution in [-0.2, 0) is 22.4 Å². The fraction of sp³-hybridized carbons (Fsp3) is 0.304. The highest BCUT2D eigenvalue weighted by Gasteiger charge is 2.34. The van der Waals surface area contributed by atoms with Gasteiger partial charge in [-0.15, -0.1) is 0 Å². The van der Waals surface area contributed by atoms with Crippen LogP contribution in [0.2, 0.25) is 0 Å². The molecule has 0 fully saturated rings. The fourth-order valence-corrected chi connectivity index (χ4v) is 3.87. The summed E-state index contributed by atoms with van der Waals surface area (Å²) in [5, 5.41) is 0. The van der Waals surface area contributed by atoms with Crippen molar-refractivity contribution >= 4 is 23.6 Å². The second kappa shape index (κ2) is 7.99. The summed E-state index contributed by atoms with van der Waals surface area (Å²) in [7, 11) is 0. The monoisotopic (exact) mass is 391 g/mol. The highest BCUT2D eigenvalue weighted by molar-refractivity contribution is 6.21. The number of benzene rings is 2. The summed E-state index contributed by atoms with van der Waals surface area (Å²) in [6.07, 6.45) is 3.22. The molecule has 0 aromatic heterocycles. The molecule has 2 amide bonds. The molecule has 0 radical (unpaired) electrons. The van der Waals surface area contributed by atoms with E-state index in [1.807, 2.05) is 18.2 Å². The summed E-state index contributed by atoms with van der Waals surface area (Å²) in [5.41, 5.74) is 3.88. The maximum absolute atomic E-state index is 12.3. The predicted molar refractivity (Wildman–Crippen MR) is 105 cm³/mol. The van der Waals surface area contributed by atoms with Crippen LogP contribution in [0.3, 0.4) is 0 Å². The van der Waals surface area contributed by atoms with E-state index in [4.69, 9.17) is 4.74 Å². The van der Waals surface area contributed by atoms with Gasteiger partial charge in [0.1, 0.15) is 6.61 Å². The molecule has 2 aromatic carbocycles. The van der Waals surface area contributed by atoms with E-state index in [1.54, 1.807) is 24.3 Å². The zero-order valence-electron chi connectivity index (χ0n) is 16.0. The SMILES string of the molecule is O=C(CCC(=O)c1ccc2c(c1)CCC2)OCCN1C(=O)c2ccccc2C1=O. The van der Waals surface area contributed by atoms with E-state index in [2.05, 4.69) is 0 Å². The molecular formula is C23H21NO5. The zero-order chi connectivity index (χ0) is 20.4. The van der Waals surface area contributed by atoms with Crippen LogP contribution in [0.4, 0.5) is 0 Å². The van der Waals surface area contributed by atoms with Gasteiger partial charge in [-0.05, 0) is 48.6 Å². The van der Waals surface area contributed by atoms with Crippen molar-refractivity contribution in [2.45, 2.75) is 32.1 Å². The number of ketones is 1. The Labute approximate surface area is 168 Å². The summed E-state index contributed by atoms with van der Waals surface area (Å²) in [6.45, 7) is -0.0891. The first-order chi connectivity index (χ1) is 14.0. The summed E-state index contributed by atoms with van der Waals surface area (Å²) < 4.78 is 5.12. The van der Waals surface area contributed by atoms with E-state index in [0.29, 0.717) is 16.7 Å². The van der Waals surface area contributed by atoms with Crippen LogP contribution in [0.1, 0.15) is 61.5 Å². The van der Waals surface area contributed by atoms with E-state index in [-0.39, 0.29) is 43.6 Å². The Kier molecular flexibility index (Phi) is 5.25. The van der Waals surface area contributed by atoms with E-state index in [9.17, 15) is 19.2 Å². The number of carbonyl (C=O) groups is 4. The van der Waals surface area contributed by atoms with Gasteiger partial charge >= 0.3 is 5.97 Å². The number of imide groups is 1. The first-order valence-corrected chi connectivity index (χ1v) is 9.80. The Morgan fingerprint density at radius 1 is 0.897 bits per heavy atom. The number of fused-ring (bicyclic) bond motifs is 2. The highest BCUT2D eigenvalue weighted by atomic mass is 16.5. The number of hydrogen-bond acceptors (Lipinski definition) is 5. The first kappa shape index (κ1) is 19.1. The van der Waals surface area contributed by atoms with Gasteiger partial charge in [-0.2, -0.15) is 0 Å². The van der Waals surface area contributed by atoms with Gasteiger partial charge in [0.15, 0.2) is 5.78 Å². The number of ether oxygens (including phenoxy) is 1. The van der Waals surface area contributed by atoms with Gasteiger partial charge in [0.2, 0.25) is 0 Å². The van der Waals surface area contributed by atoms with Crippen LogP contribution < -0.4 is 0 Å². The van der Waals surface area contributed by atoms with Gasteiger partial charge < -0.3 is 4.74 Å². The van der Waals surface area contributed by atoms with Gasteiger partial charge in [-0.1, -0.05) is 24.3 Å². The maximum atomic E-state index is 12.3. The van der Waals surface area contributed by atoms with Crippen LogP contribution >= 0.6 is 0 Å². The lowest BCUT2D eigenvalue weighted by Gasteiger charge is -2.13. The minimum atomic E-state index is -0.517. The lowest BCUT2D eigenvalue weighted by molar-refractivity contribution is -0.143. The number of hydrogen-bond donors (Lipinski definition) is 0. The molecule has 0 N–H and O–H groups in total. The molecule has 0 atom stereocenters. The molecule has 6 nitrogen and oxygen atoms in total. The van der Waals surface area contributed by atoms with Crippen LogP contribution in [0, 0.1) is 0 Å².